The molecule has 0 aliphatic heterocycles. The van der Waals surface area contributed by atoms with E-state index in [9.17, 15) is 9.46 Å². The lowest BCUT2D eigenvalue weighted by Gasteiger charge is -2.19. The van der Waals surface area contributed by atoms with Crippen molar-refractivity contribution in [2.75, 3.05) is 26.9 Å². The van der Waals surface area contributed by atoms with E-state index in [2.05, 4.69) is 16.4 Å². The number of nitrogens with zero attached hydrogens (tertiary/aromatic N) is 2. The first-order valence-corrected chi connectivity index (χ1v) is 16.1. The van der Waals surface area contributed by atoms with Crippen molar-refractivity contribution in [3.05, 3.63) is 29.6 Å². The van der Waals surface area contributed by atoms with Crippen LogP contribution in [-0.4, -0.2) is 42.9 Å². The van der Waals surface area contributed by atoms with Crippen LogP contribution in [0.1, 0.15) is 121 Å². The molecular weight excluding hydrogens is 503 g/mol. The molecule has 0 radical (unpaired) electrons. The van der Waals surface area contributed by atoms with Crippen molar-refractivity contribution in [2.24, 2.45) is 0 Å². The molecule has 9 heteroatoms. The van der Waals surface area contributed by atoms with Crippen LogP contribution in [0.2, 0.25) is 0 Å². The Balaban J connectivity index is 2.07. The number of nitriles is 1. The van der Waals surface area contributed by atoms with Crippen molar-refractivity contribution in [3.63, 3.8) is 0 Å². The van der Waals surface area contributed by atoms with E-state index in [1.165, 1.54) is 89.9 Å². The van der Waals surface area contributed by atoms with E-state index in [1.807, 2.05) is 6.07 Å². The highest BCUT2D eigenvalue weighted by molar-refractivity contribution is 7.47. The summed E-state index contributed by atoms with van der Waals surface area (Å²) in [6, 6.07) is 5.35. The lowest BCUT2D eigenvalue weighted by Crippen LogP contribution is -2.25. The van der Waals surface area contributed by atoms with Crippen molar-refractivity contribution in [1.82, 2.24) is 4.98 Å². The SMILES string of the molecule is CCCCCCCCCCCCCCCCCCOC[C@H](COP(=O)(O)OC)OCc1ccc(C#N)nc1. The third kappa shape index (κ3) is 19.7. The summed E-state index contributed by atoms with van der Waals surface area (Å²) in [5.74, 6) is 0. The molecule has 1 rings (SSSR count). The van der Waals surface area contributed by atoms with Crippen LogP contribution in [0.5, 0.6) is 0 Å². The van der Waals surface area contributed by atoms with Crippen LogP contribution < -0.4 is 0 Å². The smallest absolute Gasteiger partial charge is 0.379 e. The molecule has 218 valence electrons. The molecule has 0 fully saturated rings. The van der Waals surface area contributed by atoms with E-state index in [0.717, 1.165) is 25.5 Å². The van der Waals surface area contributed by atoms with E-state index in [0.29, 0.717) is 12.3 Å². The third-order valence-electron chi connectivity index (χ3n) is 6.53. The minimum atomic E-state index is -4.10. The first kappa shape index (κ1) is 34.7. The highest BCUT2D eigenvalue weighted by atomic mass is 31.2. The Hall–Kier alpha value is -1.33. The predicted octanol–water partition coefficient (Wildman–Crippen LogP) is 7.88. The zero-order valence-electron chi connectivity index (χ0n) is 23.8. The summed E-state index contributed by atoms with van der Waals surface area (Å²) in [5, 5.41) is 8.86. The van der Waals surface area contributed by atoms with Gasteiger partial charge in [-0.3, -0.25) is 9.05 Å². The predicted molar refractivity (Wildman–Crippen MR) is 151 cm³/mol. The average Bonchev–Trinajstić information content (AvgIpc) is 2.93. The van der Waals surface area contributed by atoms with Gasteiger partial charge < -0.3 is 14.4 Å². The van der Waals surface area contributed by atoms with E-state index in [-0.39, 0.29) is 19.8 Å². The van der Waals surface area contributed by atoms with Gasteiger partial charge in [-0.05, 0) is 18.1 Å². The van der Waals surface area contributed by atoms with Gasteiger partial charge in [0.2, 0.25) is 0 Å². The molecule has 1 aromatic heterocycles. The maximum absolute atomic E-state index is 11.6. The molecule has 1 aromatic rings. The minimum absolute atomic E-state index is 0.135. The highest BCUT2D eigenvalue weighted by Gasteiger charge is 2.22. The number of aromatic nitrogens is 1. The monoisotopic (exact) mass is 554 g/mol. The first-order valence-electron chi connectivity index (χ1n) is 14.6. The number of phosphoric ester groups is 1. The normalized spacial score (nSPS) is 13.7. The second kappa shape index (κ2) is 23.5. The summed E-state index contributed by atoms with van der Waals surface area (Å²) in [5.41, 5.74) is 1.11. The van der Waals surface area contributed by atoms with Gasteiger partial charge in [0, 0.05) is 19.9 Å². The molecule has 0 aromatic carbocycles. The Morgan fingerprint density at radius 1 is 0.895 bits per heavy atom. The third-order valence-corrected chi connectivity index (χ3v) is 7.46. The molecule has 8 nitrogen and oxygen atoms in total. The molecule has 0 aliphatic carbocycles. The fraction of sp³-hybridized carbons (Fsp3) is 0.793. The number of rotatable bonds is 26. The topological polar surface area (TPSA) is 111 Å². The van der Waals surface area contributed by atoms with Gasteiger partial charge in [-0.25, -0.2) is 9.55 Å². The van der Waals surface area contributed by atoms with Crippen LogP contribution in [0.15, 0.2) is 18.3 Å². The molecule has 0 amide bonds. The minimum Gasteiger partial charge on any atom is -0.379 e. The maximum atomic E-state index is 11.6. The second-order valence-electron chi connectivity index (χ2n) is 9.92. The zero-order chi connectivity index (χ0) is 27.7. The maximum Gasteiger partial charge on any atom is 0.472 e. The molecule has 0 aliphatic rings. The van der Waals surface area contributed by atoms with Gasteiger partial charge in [-0.1, -0.05) is 109 Å². The van der Waals surface area contributed by atoms with Crippen LogP contribution in [0.3, 0.4) is 0 Å². The molecule has 0 spiro atoms. The summed E-state index contributed by atoms with van der Waals surface area (Å²) in [6.07, 6.45) is 22.2. The highest BCUT2D eigenvalue weighted by Crippen LogP contribution is 2.42. The fourth-order valence-electron chi connectivity index (χ4n) is 4.13. The van der Waals surface area contributed by atoms with Crippen LogP contribution in [0.4, 0.5) is 0 Å². The number of hydrogen-bond donors (Lipinski definition) is 1. The standard InChI is InChI=1S/C29H51N2O6P/c1-3-4-5-6-7-8-9-10-11-12-13-14-15-16-17-18-21-35-25-29(26-37-38(32,33)34-2)36-24-27-19-20-28(22-30)31-23-27/h19-20,23,29H,3-18,21,24-26H2,1-2H3,(H,32,33)/t29-/m1/s1. The largest absolute Gasteiger partial charge is 0.472 e. The molecule has 0 bridgehead atoms. The molecule has 38 heavy (non-hydrogen) atoms. The van der Waals surface area contributed by atoms with Crippen LogP contribution in [-0.2, 0) is 29.7 Å². The van der Waals surface area contributed by atoms with Gasteiger partial charge in [-0.15, -0.1) is 0 Å². The van der Waals surface area contributed by atoms with Gasteiger partial charge in [-0.2, -0.15) is 5.26 Å². The van der Waals surface area contributed by atoms with Crippen molar-refractivity contribution in [3.8, 4) is 6.07 Å². The van der Waals surface area contributed by atoms with Crippen molar-refractivity contribution < 1.29 is 28.0 Å². The van der Waals surface area contributed by atoms with Gasteiger partial charge >= 0.3 is 7.82 Å². The Labute approximate surface area is 231 Å². The molecule has 0 saturated carbocycles. The number of hydrogen-bond acceptors (Lipinski definition) is 7. The fourth-order valence-corrected chi connectivity index (χ4v) is 4.59. The Bertz CT molecular complexity index is 771. The quantitative estimate of drug-likeness (QED) is 0.0909. The van der Waals surface area contributed by atoms with Crippen molar-refractivity contribution in [1.29, 1.82) is 5.26 Å². The lowest BCUT2D eigenvalue weighted by molar-refractivity contribution is -0.0500. The van der Waals surface area contributed by atoms with Gasteiger partial charge in [0.15, 0.2) is 0 Å². The van der Waals surface area contributed by atoms with Crippen molar-refractivity contribution in [2.45, 2.75) is 122 Å². The van der Waals surface area contributed by atoms with E-state index in [1.54, 1.807) is 18.3 Å². The average molecular weight is 555 g/mol. The summed E-state index contributed by atoms with van der Waals surface area (Å²) < 4.78 is 32.7. The molecule has 1 unspecified atom stereocenters. The lowest BCUT2D eigenvalue weighted by atomic mass is 10.0. The number of phosphoric acid groups is 1. The van der Waals surface area contributed by atoms with E-state index < -0.39 is 13.9 Å². The number of pyridine rings is 1. The molecule has 1 N–H and O–H groups in total. The summed E-state index contributed by atoms with van der Waals surface area (Å²) in [7, 11) is -2.98. The Kier molecular flexibility index (Phi) is 21.5. The van der Waals surface area contributed by atoms with Gasteiger partial charge in [0.05, 0.1) is 19.8 Å². The molecule has 1 heterocycles. The summed E-state index contributed by atoms with van der Waals surface area (Å²) >= 11 is 0. The number of ether oxygens (including phenoxy) is 2. The van der Waals surface area contributed by atoms with Gasteiger partial charge in [0.1, 0.15) is 17.9 Å². The summed E-state index contributed by atoms with van der Waals surface area (Å²) in [4.78, 5) is 13.5. The molecular formula is C29H51N2O6P. The van der Waals surface area contributed by atoms with Crippen LogP contribution in [0.25, 0.3) is 0 Å². The zero-order valence-corrected chi connectivity index (χ0v) is 24.7. The molecule has 2 atom stereocenters. The second-order valence-corrected chi connectivity index (χ2v) is 11.5. The van der Waals surface area contributed by atoms with E-state index >= 15 is 0 Å². The van der Waals surface area contributed by atoms with Crippen molar-refractivity contribution >= 4 is 7.82 Å². The van der Waals surface area contributed by atoms with E-state index in [4.69, 9.17) is 19.3 Å². The Morgan fingerprint density at radius 3 is 1.92 bits per heavy atom. The Morgan fingerprint density at radius 2 is 1.45 bits per heavy atom. The summed E-state index contributed by atoms with van der Waals surface area (Å²) in [6.45, 7) is 3.21. The van der Waals surface area contributed by atoms with Crippen LogP contribution in [0, 0.1) is 11.3 Å². The van der Waals surface area contributed by atoms with Crippen LogP contribution >= 0.6 is 7.82 Å². The first-order chi connectivity index (χ1) is 18.5. The van der Waals surface area contributed by atoms with Gasteiger partial charge in [0.25, 0.3) is 0 Å². The number of unbranched alkanes of at least 4 members (excludes halogenated alkanes) is 15. The molecule has 0 saturated heterocycles.